The average molecular weight is 420 g/mol. The lowest BCUT2D eigenvalue weighted by molar-refractivity contribution is -0.123. The van der Waals surface area contributed by atoms with Crippen molar-refractivity contribution in [3.63, 3.8) is 0 Å². The summed E-state index contributed by atoms with van der Waals surface area (Å²) < 4.78 is 36.7. The Kier molecular flexibility index (Phi) is 7.74. The van der Waals surface area contributed by atoms with Crippen LogP contribution < -0.4 is 14.8 Å². The van der Waals surface area contributed by atoms with Gasteiger partial charge in [0.05, 0.1) is 17.1 Å². The quantitative estimate of drug-likeness (QED) is 0.603. The SMILES string of the molecule is CCNS(=O)(=O)c1ccc(C(=O)O[C@H](C)C(=O)Nc2ccc(OCC)cc2)cc1. The van der Waals surface area contributed by atoms with Crippen LogP contribution in [0.15, 0.2) is 53.4 Å². The van der Waals surface area contributed by atoms with Gasteiger partial charge in [0.2, 0.25) is 10.0 Å². The van der Waals surface area contributed by atoms with E-state index < -0.39 is 28.0 Å². The van der Waals surface area contributed by atoms with Crippen molar-refractivity contribution in [2.24, 2.45) is 0 Å². The lowest BCUT2D eigenvalue weighted by Gasteiger charge is -2.14. The predicted molar refractivity (Wildman–Crippen MR) is 108 cm³/mol. The minimum absolute atomic E-state index is 0.0391. The average Bonchev–Trinajstić information content (AvgIpc) is 2.69. The van der Waals surface area contributed by atoms with Gasteiger partial charge in [-0.1, -0.05) is 6.92 Å². The maximum atomic E-state index is 12.2. The number of hydrogen-bond acceptors (Lipinski definition) is 6. The highest BCUT2D eigenvalue weighted by Crippen LogP contribution is 2.16. The molecule has 0 fully saturated rings. The number of rotatable bonds is 9. The van der Waals surface area contributed by atoms with Crippen LogP contribution in [-0.2, 0) is 19.6 Å². The molecule has 8 nitrogen and oxygen atoms in total. The fourth-order valence-corrected chi connectivity index (χ4v) is 3.41. The molecule has 0 aliphatic carbocycles. The Morgan fingerprint density at radius 3 is 2.17 bits per heavy atom. The number of benzene rings is 2. The third-order valence-electron chi connectivity index (χ3n) is 3.82. The number of sulfonamides is 1. The van der Waals surface area contributed by atoms with Crippen LogP contribution in [0.1, 0.15) is 31.1 Å². The maximum Gasteiger partial charge on any atom is 0.338 e. The van der Waals surface area contributed by atoms with Crippen LogP contribution in [0.4, 0.5) is 5.69 Å². The standard InChI is InChI=1S/C20H24N2O6S/c1-4-21-29(25,26)18-12-6-15(7-13-18)20(24)28-14(3)19(23)22-16-8-10-17(11-9-16)27-5-2/h6-14,21H,4-5H2,1-3H3,(H,22,23)/t14-/m1/s1. The first-order chi connectivity index (χ1) is 13.8. The van der Waals surface area contributed by atoms with E-state index in [1.54, 1.807) is 31.2 Å². The molecule has 2 N–H and O–H groups in total. The van der Waals surface area contributed by atoms with Crippen LogP contribution in [-0.4, -0.2) is 39.5 Å². The molecule has 0 aromatic heterocycles. The molecular formula is C20H24N2O6S. The minimum atomic E-state index is -3.61. The topological polar surface area (TPSA) is 111 Å². The number of nitrogens with one attached hydrogen (secondary N) is 2. The van der Waals surface area contributed by atoms with Gasteiger partial charge in [-0.15, -0.1) is 0 Å². The number of ether oxygens (including phenoxy) is 2. The molecule has 1 amide bonds. The molecule has 0 aliphatic rings. The summed E-state index contributed by atoms with van der Waals surface area (Å²) in [5, 5.41) is 2.65. The molecule has 0 saturated heterocycles. The summed E-state index contributed by atoms with van der Waals surface area (Å²) in [4.78, 5) is 24.5. The smallest absolute Gasteiger partial charge is 0.338 e. The zero-order chi connectivity index (χ0) is 21.4. The lowest BCUT2D eigenvalue weighted by atomic mass is 10.2. The third-order valence-corrected chi connectivity index (χ3v) is 5.38. The van der Waals surface area contributed by atoms with Gasteiger partial charge < -0.3 is 14.8 Å². The van der Waals surface area contributed by atoms with Gasteiger partial charge in [-0.05, 0) is 62.4 Å². The molecule has 156 valence electrons. The highest BCUT2D eigenvalue weighted by Gasteiger charge is 2.20. The summed E-state index contributed by atoms with van der Waals surface area (Å²) in [5.74, 6) is -0.537. The minimum Gasteiger partial charge on any atom is -0.494 e. The highest BCUT2D eigenvalue weighted by molar-refractivity contribution is 7.89. The second-order valence-corrected chi connectivity index (χ2v) is 7.79. The first-order valence-corrected chi connectivity index (χ1v) is 10.6. The van der Waals surface area contributed by atoms with Crippen LogP contribution >= 0.6 is 0 Å². The van der Waals surface area contributed by atoms with Crippen LogP contribution in [0.5, 0.6) is 5.75 Å². The number of hydrogen-bond donors (Lipinski definition) is 2. The van der Waals surface area contributed by atoms with Crippen molar-refractivity contribution >= 4 is 27.6 Å². The monoisotopic (exact) mass is 420 g/mol. The Labute approximate surface area is 170 Å². The van der Waals surface area contributed by atoms with E-state index in [1.807, 2.05) is 6.92 Å². The van der Waals surface area contributed by atoms with E-state index in [0.29, 0.717) is 18.0 Å². The number of anilines is 1. The van der Waals surface area contributed by atoms with Gasteiger partial charge in [0.25, 0.3) is 5.91 Å². The van der Waals surface area contributed by atoms with E-state index in [0.717, 1.165) is 0 Å². The van der Waals surface area contributed by atoms with Gasteiger partial charge in [0, 0.05) is 12.2 Å². The normalized spacial score (nSPS) is 12.1. The molecule has 0 bridgehead atoms. The van der Waals surface area contributed by atoms with Crippen molar-refractivity contribution in [1.82, 2.24) is 4.72 Å². The number of esters is 1. The largest absolute Gasteiger partial charge is 0.494 e. The van der Waals surface area contributed by atoms with Crippen LogP contribution in [0, 0.1) is 0 Å². The van der Waals surface area contributed by atoms with E-state index in [9.17, 15) is 18.0 Å². The number of carbonyl (C=O) groups excluding carboxylic acids is 2. The molecule has 0 aliphatic heterocycles. The molecule has 2 rings (SSSR count). The molecule has 2 aromatic carbocycles. The van der Waals surface area contributed by atoms with Crippen molar-refractivity contribution in [3.8, 4) is 5.75 Å². The summed E-state index contributed by atoms with van der Waals surface area (Å²) in [6, 6.07) is 12.1. The molecule has 0 saturated carbocycles. The Morgan fingerprint density at radius 1 is 1.00 bits per heavy atom. The van der Waals surface area contributed by atoms with Gasteiger partial charge in [-0.2, -0.15) is 0 Å². The van der Waals surface area contributed by atoms with Gasteiger partial charge >= 0.3 is 5.97 Å². The van der Waals surface area contributed by atoms with E-state index in [4.69, 9.17) is 9.47 Å². The summed E-state index contributed by atoms with van der Waals surface area (Å²) in [7, 11) is -3.61. The van der Waals surface area contributed by atoms with Crippen LogP contribution in [0.2, 0.25) is 0 Å². The van der Waals surface area contributed by atoms with Gasteiger partial charge in [-0.3, -0.25) is 4.79 Å². The lowest BCUT2D eigenvalue weighted by Crippen LogP contribution is -2.30. The molecule has 0 unspecified atom stereocenters. The Balaban J connectivity index is 1.96. The second-order valence-electron chi connectivity index (χ2n) is 6.02. The van der Waals surface area contributed by atoms with Crippen molar-refractivity contribution in [3.05, 3.63) is 54.1 Å². The van der Waals surface area contributed by atoms with Gasteiger partial charge in [0.15, 0.2) is 6.10 Å². The van der Waals surface area contributed by atoms with Gasteiger partial charge in [0.1, 0.15) is 5.75 Å². The molecule has 29 heavy (non-hydrogen) atoms. The third kappa shape index (κ3) is 6.30. The second kappa shape index (κ2) is 10.0. The molecule has 9 heteroatoms. The van der Waals surface area contributed by atoms with Crippen molar-refractivity contribution < 1.29 is 27.5 Å². The fraction of sp³-hybridized carbons (Fsp3) is 0.300. The predicted octanol–water partition coefficient (Wildman–Crippen LogP) is 2.57. The first-order valence-electron chi connectivity index (χ1n) is 9.11. The van der Waals surface area contributed by atoms with Crippen molar-refractivity contribution in [1.29, 1.82) is 0 Å². The molecule has 1 atom stereocenters. The molecule has 0 radical (unpaired) electrons. The number of amides is 1. The summed E-state index contributed by atoms with van der Waals surface area (Å²) in [6.45, 7) is 5.79. The van der Waals surface area contributed by atoms with E-state index in [2.05, 4.69) is 10.0 Å². The van der Waals surface area contributed by atoms with E-state index in [1.165, 1.54) is 31.2 Å². The Morgan fingerprint density at radius 2 is 1.62 bits per heavy atom. The van der Waals surface area contributed by atoms with Crippen molar-refractivity contribution in [2.45, 2.75) is 31.8 Å². The number of carbonyl (C=O) groups is 2. The summed E-state index contributed by atoms with van der Waals surface area (Å²) in [6.07, 6.45) is -1.04. The fourth-order valence-electron chi connectivity index (χ4n) is 2.37. The van der Waals surface area contributed by atoms with E-state index >= 15 is 0 Å². The zero-order valence-corrected chi connectivity index (χ0v) is 17.3. The molecular weight excluding hydrogens is 396 g/mol. The Bertz CT molecular complexity index is 940. The summed E-state index contributed by atoms with van der Waals surface area (Å²) >= 11 is 0. The highest BCUT2D eigenvalue weighted by atomic mass is 32.2. The molecule has 2 aromatic rings. The first kappa shape index (κ1) is 22.4. The van der Waals surface area contributed by atoms with E-state index in [-0.39, 0.29) is 17.0 Å². The molecule has 0 spiro atoms. The van der Waals surface area contributed by atoms with Crippen molar-refractivity contribution in [2.75, 3.05) is 18.5 Å². The molecule has 0 heterocycles. The van der Waals surface area contributed by atoms with Crippen LogP contribution in [0.3, 0.4) is 0 Å². The Hall–Kier alpha value is -2.91. The van der Waals surface area contributed by atoms with Gasteiger partial charge in [-0.25, -0.2) is 17.9 Å². The van der Waals surface area contributed by atoms with Crippen LogP contribution in [0.25, 0.3) is 0 Å². The zero-order valence-electron chi connectivity index (χ0n) is 16.5. The maximum absolute atomic E-state index is 12.2. The summed E-state index contributed by atoms with van der Waals surface area (Å²) in [5.41, 5.74) is 0.681.